The molecular formula is C9H11FINO2S2. The van der Waals surface area contributed by atoms with Crippen molar-refractivity contribution in [3.63, 3.8) is 0 Å². The van der Waals surface area contributed by atoms with Gasteiger partial charge in [0.2, 0.25) is 0 Å². The fourth-order valence-electron chi connectivity index (χ4n) is 0.972. The van der Waals surface area contributed by atoms with Gasteiger partial charge in [0, 0.05) is 22.6 Å². The van der Waals surface area contributed by atoms with Gasteiger partial charge in [0.25, 0.3) is 0 Å². The van der Waals surface area contributed by atoms with Crippen molar-refractivity contribution < 1.29 is 12.8 Å². The zero-order valence-electron chi connectivity index (χ0n) is 8.54. The van der Waals surface area contributed by atoms with Gasteiger partial charge in [0.1, 0.15) is 15.7 Å². The van der Waals surface area contributed by atoms with E-state index in [-0.39, 0.29) is 11.6 Å². The predicted molar refractivity (Wildman–Crippen MR) is 74.0 cm³/mol. The fraction of sp³-hybridized carbons (Fsp3) is 0.333. The molecule has 0 aliphatic heterocycles. The SMILES string of the molecule is CS(=O)(=O)CCSc1cc(F)c(I)cc1N. The second kappa shape index (κ2) is 5.54. The lowest BCUT2D eigenvalue weighted by Crippen LogP contribution is -2.05. The first-order chi connectivity index (χ1) is 7.29. The summed E-state index contributed by atoms with van der Waals surface area (Å²) in [6, 6.07) is 2.88. The molecule has 1 aromatic carbocycles. The highest BCUT2D eigenvalue weighted by Gasteiger charge is 2.08. The summed E-state index contributed by atoms with van der Waals surface area (Å²) in [6.07, 6.45) is 1.17. The normalized spacial score (nSPS) is 11.7. The highest BCUT2D eigenvalue weighted by atomic mass is 127. The number of nitrogen functional groups attached to an aromatic ring is 1. The molecule has 0 radical (unpaired) electrons. The van der Waals surface area contributed by atoms with E-state index < -0.39 is 9.84 Å². The maximum Gasteiger partial charge on any atom is 0.148 e. The Kier molecular flexibility index (Phi) is 4.87. The Bertz CT molecular complexity index is 491. The van der Waals surface area contributed by atoms with Crippen LogP contribution >= 0.6 is 34.4 Å². The summed E-state index contributed by atoms with van der Waals surface area (Å²) < 4.78 is 35.5. The van der Waals surface area contributed by atoms with E-state index in [9.17, 15) is 12.8 Å². The van der Waals surface area contributed by atoms with E-state index in [0.29, 0.717) is 19.9 Å². The monoisotopic (exact) mass is 375 g/mol. The van der Waals surface area contributed by atoms with Crippen LogP contribution in [0, 0.1) is 9.39 Å². The number of rotatable bonds is 4. The molecule has 0 aromatic heterocycles. The Morgan fingerprint density at radius 3 is 2.69 bits per heavy atom. The molecule has 1 aromatic rings. The lowest BCUT2D eigenvalue weighted by atomic mass is 10.3. The van der Waals surface area contributed by atoms with Crippen molar-refractivity contribution in [2.24, 2.45) is 0 Å². The molecule has 3 nitrogen and oxygen atoms in total. The molecule has 1 rings (SSSR count). The van der Waals surface area contributed by atoms with Crippen molar-refractivity contribution in [1.29, 1.82) is 0 Å². The second-order valence-corrected chi connectivity index (χ2v) is 7.84. The second-order valence-electron chi connectivity index (χ2n) is 3.28. The van der Waals surface area contributed by atoms with Crippen molar-refractivity contribution in [2.45, 2.75) is 4.90 Å². The molecule has 0 bridgehead atoms. The molecule has 90 valence electrons. The van der Waals surface area contributed by atoms with Crippen LogP contribution in [0.15, 0.2) is 17.0 Å². The predicted octanol–water partition coefficient (Wildman–Crippen LogP) is 2.15. The van der Waals surface area contributed by atoms with Gasteiger partial charge in [-0.3, -0.25) is 0 Å². The van der Waals surface area contributed by atoms with Crippen LogP contribution in [0.2, 0.25) is 0 Å². The van der Waals surface area contributed by atoms with Crippen LogP contribution in [0.25, 0.3) is 0 Å². The Morgan fingerprint density at radius 1 is 1.50 bits per heavy atom. The van der Waals surface area contributed by atoms with E-state index in [1.807, 2.05) is 22.6 Å². The van der Waals surface area contributed by atoms with Crippen LogP contribution in [-0.4, -0.2) is 26.2 Å². The molecule has 0 unspecified atom stereocenters. The Balaban J connectivity index is 2.71. The number of hydrogen-bond donors (Lipinski definition) is 1. The van der Waals surface area contributed by atoms with Gasteiger partial charge in [-0.1, -0.05) is 0 Å². The standard InChI is InChI=1S/C9H11FINO2S2/c1-16(13,14)3-2-15-9-4-6(10)7(11)5-8(9)12/h4-5H,2-3,12H2,1H3. The topological polar surface area (TPSA) is 60.2 Å². The molecule has 0 heterocycles. The summed E-state index contributed by atoms with van der Waals surface area (Å²) >= 11 is 3.11. The van der Waals surface area contributed by atoms with Gasteiger partial charge in [-0.05, 0) is 34.7 Å². The van der Waals surface area contributed by atoms with Gasteiger partial charge in [-0.25, -0.2) is 12.8 Å². The summed E-state index contributed by atoms with van der Waals surface area (Å²) in [5.74, 6) is 0.102. The minimum Gasteiger partial charge on any atom is -0.398 e. The highest BCUT2D eigenvalue weighted by molar-refractivity contribution is 14.1. The molecule has 0 spiro atoms. The van der Waals surface area contributed by atoms with Crippen molar-refractivity contribution in [3.8, 4) is 0 Å². The number of hydrogen-bond acceptors (Lipinski definition) is 4. The van der Waals surface area contributed by atoms with Crippen LogP contribution in [-0.2, 0) is 9.84 Å². The van der Waals surface area contributed by atoms with Gasteiger partial charge >= 0.3 is 0 Å². The zero-order valence-corrected chi connectivity index (χ0v) is 12.3. The molecule has 0 aliphatic rings. The number of anilines is 1. The van der Waals surface area contributed by atoms with Gasteiger partial charge in [-0.15, -0.1) is 11.8 Å². The van der Waals surface area contributed by atoms with Gasteiger partial charge in [0.05, 0.1) is 9.32 Å². The van der Waals surface area contributed by atoms with Gasteiger partial charge in [0.15, 0.2) is 0 Å². The lowest BCUT2D eigenvalue weighted by molar-refractivity contribution is 0.603. The maximum absolute atomic E-state index is 13.2. The van der Waals surface area contributed by atoms with E-state index in [4.69, 9.17) is 5.73 Å². The largest absolute Gasteiger partial charge is 0.398 e. The third-order valence-electron chi connectivity index (χ3n) is 1.76. The van der Waals surface area contributed by atoms with Crippen molar-refractivity contribution in [3.05, 3.63) is 21.5 Å². The first-order valence-corrected chi connectivity index (χ1v) is 8.47. The first kappa shape index (κ1) is 14.0. The average Bonchev–Trinajstić information content (AvgIpc) is 2.11. The van der Waals surface area contributed by atoms with E-state index in [1.165, 1.54) is 24.1 Å². The first-order valence-electron chi connectivity index (χ1n) is 4.34. The summed E-state index contributed by atoms with van der Waals surface area (Å²) in [5, 5.41) is 0. The number of benzene rings is 1. The van der Waals surface area contributed by atoms with Crippen molar-refractivity contribution >= 4 is 49.9 Å². The van der Waals surface area contributed by atoms with E-state index >= 15 is 0 Å². The molecule has 16 heavy (non-hydrogen) atoms. The molecule has 7 heteroatoms. The number of nitrogens with two attached hydrogens (primary N) is 1. The van der Waals surface area contributed by atoms with Crippen LogP contribution < -0.4 is 5.73 Å². The van der Waals surface area contributed by atoms with Crippen molar-refractivity contribution in [1.82, 2.24) is 0 Å². The van der Waals surface area contributed by atoms with Crippen LogP contribution in [0.4, 0.5) is 10.1 Å². The summed E-state index contributed by atoms with van der Waals surface area (Å²) in [6.45, 7) is 0. The summed E-state index contributed by atoms with van der Waals surface area (Å²) in [5.41, 5.74) is 6.17. The highest BCUT2D eigenvalue weighted by Crippen LogP contribution is 2.28. The third-order valence-corrected chi connectivity index (χ3v) is 4.87. The molecule has 0 saturated carbocycles. The van der Waals surface area contributed by atoms with Crippen LogP contribution in [0.1, 0.15) is 0 Å². The number of thioether (sulfide) groups is 1. The van der Waals surface area contributed by atoms with E-state index in [2.05, 4.69) is 0 Å². The Morgan fingerprint density at radius 2 is 2.12 bits per heavy atom. The fourth-order valence-corrected chi connectivity index (χ4v) is 3.64. The molecule has 0 amide bonds. The smallest absolute Gasteiger partial charge is 0.148 e. The summed E-state index contributed by atoms with van der Waals surface area (Å²) in [7, 11) is -2.98. The molecule has 0 atom stereocenters. The Hall–Kier alpha value is -0.0200. The minimum atomic E-state index is -2.98. The van der Waals surface area contributed by atoms with E-state index in [1.54, 1.807) is 6.07 Å². The number of sulfone groups is 1. The van der Waals surface area contributed by atoms with E-state index in [0.717, 1.165) is 0 Å². The quantitative estimate of drug-likeness (QED) is 0.498. The summed E-state index contributed by atoms with van der Waals surface area (Å²) in [4.78, 5) is 0.585. The molecule has 0 fully saturated rings. The molecule has 0 aliphatic carbocycles. The minimum absolute atomic E-state index is 0.0602. The maximum atomic E-state index is 13.2. The third kappa shape index (κ3) is 4.46. The van der Waals surface area contributed by atoms with Gasteiger partial charge in [-0.2, -0.15) is 0 Å². The molecule has 2 N–H and O–H groups in total. The zero-order chi connectivity index (χ0) is 12.3. The van der Waals surface area contributed by atoms with Crippen LogP contribution in [0.5, 0.6) is 0 Å². The van der Waals surface area contributed by atoms with Gasteiger partial charge < -0.3 is 5.73 Å². The molecule has 0 saturated heterocycles. The Labute approximate surface area is 112 Å². The average molecular weight is 375 g/mol. The van der Waals surface area contributed by atoms with Crippen LogP contribution in [0.3, 0.4) is 0 Å². The lowest BCUT2D eigenvalue weighted by Gasteiger charge is -2.06. The molecular weight excluding hydrogens is 364 g/mol. The van der Waals surface area contributed by atoms with Crippen molar-refractivity contribution in [2.75, 3.05) is 23.5 Å². The number of halogens is 2.